The normalized spacial score (nSPS) is 11.1. The number of anilines is 2. The molecule has 0 aliphatic rings. The fourth-order valence-corrected chi connectivity index (χ4v) is 4.61. The molecule has 0 bridgehead atoms. The van der Waals surface area contributed by atoms with Crippen molar-refractivity contribution in [3.63, 3.8) is 0 Å². The third-order valence-corrected chi connectivity index (χ3v) is 6.00. The molecule has 0 aliphatic heterocycles. The Hall–Kier alpha value is -1.95. The summed E-state index contributed by atoms with van der Waals surface area (Å²) in [6, 6.07) is 16.7. The van der Waals surface area contributed by atoms with Gasteiger partial charge >= 0.3 is 0 Å². The molecule has 2 aromatic carbocycles. The van der Waals surface area contributed by atoms with Crippen LogP contribution >= 0.6 is 38.9 Å². The molecule has 6 heteroatoms. The van der Waals surface area contributed by atoms with Gasteiger partial charge in [0.2, 0.25) is 5.28 Å². The Kier molecular flexibility index (Phi) is 5.17. The summed E-state index contributed by atoms with van der Waals surface area (Å²) in [5, 5.41) is 3.44. The molecular weight excluding hydrogens is 442 g/mol. The van der Waals surface area contributed by atoms with Crippen LogP contribution in [0.15, 0.2) is 58.4 Å². The van der Waals surface area contributed by atoms with Crippen LogP contribution in [0, 0.1) is 6.92 Å². The van der Waals surface area contributed by atoms with Gasteiger partial charge in [-0.25, -0.2) is 4.98 Å². The van der Waals surface area contributed by atoms with Crippen molar-refractivity contribution in [1.29, 1.82) is 0 Å². The Morgan fingerprint density at radius 1 is 1.11 bits per heavy atom. The highest BCUT2D eigenvalue weighted by atomic mass is 79.9. The molecule has 136 valence electrons. The molecule has 0 aliphatic carbocycles. The number of benzene rings is 2. The molecule has 0 atom stereocenters. The van der Waals surface area contributed by atoms with E-state index in [4.69, 9.17) is 11.6 Å². The second-order valence-electron chi connectivity index (χ2n) is 6.24. The van der Waals surface area contributed by atoms with Gasteiger partial charge in [-0.3, -0.25) is 0 Å². The average molecular weight is 459 g/mol. The molecule has 0 N–H and O–H groups in total. The van der Waals surface area contributed by atoms with E-state index >= 15 is 0 Å². The third-order valence-electron chi connectivity index (χ3n) is 4.43. The predicted molar refractivity (Wildman–Crippen MR) is 119 cm³/mol. The molecule has 0 fully saturated rings. The van der Waals surface area contributed by atoms with E-state index in [0.29, 0.717) is 0 Å². The largest absolute Gasteiger partial charge is 0.326 e. The predicted octanol–water partition coefficient (Wildman–Crippen LogP) is 7.24. The number of halogens is 2. The minimum Gasteiger partial charge on any atom is -0.326 e. The van der Waals surface area contributed by atoms with Gasteiger partial charge in [0, 0.05) is 27.6 Å². The van der Waals surface area contributed by atoms with Crippen LogP contribution in [-0.2, 0) is 0 Å². The lowest BCUT2D eigenvalue weighted by Crippen LogP contribution is -2.18. The van der Waals surface area contributed by atoms with Gasteiger partial charge in [0.15, 0.2) is 0 Å². The maximum absolute atomic E-state index is 6.27. The van der Waals surface area contributed by atoms with Crippen LogP contribution < -0.4 is 4.90 Å². The zero-order chi connectivity index (χ0) is 19.0. The highest BCUT2D eigenvalue weighted by molar-refractivity contribution is 9.10. The molecule has 27 heavy (non-hydrogen) atoms. The first-order valence-electron chi connectivity index (χ1n) is 8.61. The lowest BCUT2D eigenvalue weighted by molar-refractivity contribution is 0.990. The number of thiophene rings is 1. The van der Waals surface area contributed by atoms with Crippen molar-refractivity contribution in [2.45, 2.75) is 13.8 Å². The number of hydrogen-bond donors (Lipinski definition) is 0. The van der Waals surface area contributed by atoms with Gasteiger partial charge in [-0.2, -0.15) is 4.98 Å². The van der Waals surface area contributed by atoms with Gasteiger partial charge in [0.25, 0.3) is 0 Å². The van der Waals surface area contributed by atoms with Crippen molar-refractivity contribution >= 4 is 60.6 Å². The number of aryl methyl sites for hydroxylation is 1. The standard InChI is InChI=1S/C21H17BrClN3S/c1-3-26(16-6-4-5-13(2)11-16)19-18-17(14-7-9-15(22)10-8-14)12-27-20(18)25-21(23)24-19/h4-12H,3H2,1-2H3. The van der Waals surface area contributed by atoms with Crippen LogP contribution in [0.3, 0.4) is 0 Å². The fraction of sp³-hybridized carbons (Fsp3) is 0.143. The molecule has 2 heterocycles. The molecule has 0 unspecified atom stereocenters. The molecule has 0 spiro atoms. The first-order valence-corrected chi connectivity index (χ1v) is 10.7. The van der Waals surface area contributed by atoms with Crippen molar-refractivity contribution in [3.8, 4) is 11.1 Å². The van der Waals surface area contributed by atoms with Gasteiger partial charge in [-0.1, -0.05) is 40.2 Å². The van der Waals surface area contributed by atoms with E-state index in [9.17, 15) is 0 Å². The Balaban J connectivity index is 1.96. The molecule has 4 aromatic rings. The summed E-state index contributed by atoms with van der Waals surface area (Å²) in [6.07, 6.45) is 0. The summed E-state index contributed by atoms with van der Waals surface area (Å²) in [4.78, 5) is 12.2. The molecule has 0 saturated heterocycles. The number of rotatable bonds is 4. The van der Waals surface area contributed by atoms with Crippen LogP contribution in [0.25, 0.3) is 21.3 Å². The van der Waals surface area contributed by atoms with Gasteiger partial charge < -0.3 is 4.90 Å². The van der Waals surface area contributed by atoms with Crippen LogP contribution in [0.1, 0.15) is 12.5 Å². The van der Waals surface area contributed by atoms with Crippen molar-refractivity contribution < 1.29 is 0 Å². The average Bonchev–Trinajstić information content (AvgIpc) is 3.07. The summed E-state index contributed by atoms with van der Waals surface area (Å²) >= 11 is 11.4. The zero-order valence-electron chi connectivity index (χ0n) is 14.9. The first kappa shape index (κ1) is 18.4. The molecule has 4 rings (SSSR count). The van der Waals surface area contributed by atoms with E-state index in [1.807, 2.05) is 12.1 Å². The van der Waals surface area contributed by atoms with Crippen molar-refractivity contribution in [3.05, 3.63) is 69.2 Å². The van der Waals surface area contributed by atoms with E-state index in [1.165, 1.54) is 5.56 Å². The Morgan fingerprint density at radius 2 is 1.89 bits per heavy atom. The zero-order valence-corrected chi connectivity index (χ0v) is 18.1. The molecule has 0 amide bonds. The molecular formula is C21H17BrClN3S. The van der Waals surface area contributed by atoms with Crippen molar-refractivity contribution in [2.24, 2.45) is 0 Å². The number of nitrogens with zero attached hydrogens (tertiary/aromatic N) is 3. The molecule has 0 radical (unpaired) electrons. The molecule has 0 saturated carbocycles. The van der Waals surface area contributed by atoms with Gasteiger partial charge in [0.1, 0.15) is 10.6 Å². The maximum Gasteiger partial charge on any atom is 0.225 e. The lowest BCUT2D eigenvalue weighted by atomic mass is 10.1. The second kappa shape index (κ2) is 7.58. The van der Waals surface area contributed by atoms with Gasteiger partial charge in [0.05, 0.1) is 5.39 Å². The number of fused-ring (bicyclic) bond motifs is 1. The van der Waals surface area contributed by atoms with Gasteiger partial charge in [-0.15, -0.1) is 11.3 Å². The van der Waals surface area contributed by atoms with Crippen LogP contribution in [-0.4, -0.2) is 16.5 Å². The smallest absolute Gasteiger partial charge is 0.225 e. The fourth-order valence-electron chi connectivity index (χ4n) is 3.19. The van der Waals surface area contributed by atoms with Crippen LogP contribution in [0.2, 0.25) is 5.28 Å². The second-order valence-corrected chi connectivity index (χ2v) is 8.35. The first-order chi connectivity index (χ1) is 13.1. The SMILES string of the molecule is CCN(c1cccc(C)c1)c1nc(Cl)nc2scc(-c3ccc(Br)cc3)c12. The van der Waals surface area contributed by atoms with E-state index in [1.54, 1.807) is 11.3 Å². The quantitative estimate of drug-likeness (QED) is 0.302. The number of hydrogen-bond acceptors (Lipinski definition) is 4. The Morgan fingerprint density at radius 3 is 2.59 bits per heavy atom. The molecule has 2 aromatic heterocycles. The Bertz CT molecular complexity index is 1110. The van der Waals surface area contributed by atoms with E-state index in [0.717, 1.165) is 43.9 Å². The van der Waals surface area contributed by atoms with E-state index < -0.39 is 0 Å². The Labute approximate surface area is 175 Å². The maximum atomic E-state index is 6.27. The topological polar surface area (TPSA) is 29.0 Å². The summed E-state index contributed by atoms with van der Waals surface area (Å²) < 4.78 is 1.06. The van der Waals surface area contributed by atoms with Gasteiger partial charge in [-0.05, 0) is 60.8 Å². The van der Waals surface area contributed by atoms with E-state index in [2.05, 4.69) is 86.4 Å². The van der Waals surface area contributed by atoms with Crippen LogP contribution in [0.4, 0.5) is 11.5 Å². The minimum atomic E-state index is 0.271. The third kappa shape index (κ3) is 3.59. The van der Waals surface area contributed by atoms with Crippen LogP contribution in [0.5, 0.6) is 0 Å². The highest BCUT2D eigenvalue weighted by Gasteiger charge is 2.20. The summed E-state index contributed by atoms with van der Waals surface area (Å²) in [6.45, 7) is 5.00. The summed E-state index contributed by atoms with van der Waals surface area (Å²) in [5.41, 5.74) is 4.57. The lowest BCUT2D eigenvalue weighted by Gasteiger charge is -2.24. The molecule has 3 nitrogen and oxygen atoms in total. The summed E-state index contributed by atoms with van der Waals surface area (Å²) in [5.74, 6) is 0.845. The van der Waals surface area contributed by atoms with Crippen molar-refractivity contribution in [2.75, 3.05) is 11.4 Å². The summed E-state index contributed by atoms with van der Waals surface area (Å²) in [7, 11) is 0. The monoisotopic (exact) mass is 457 g/mol. The highest BCUT2D eigenvalue weighted by Crippen LogP contribution is 2.41. The number of aromatic nitrogens is 2. The van der Waals surface area contributed by atoms with E-state index in [-0.39, 0.29) is 5.28 Å². The van der Waals surface area contributed by atoms with Crippen molar-refractivity contribution in [1.82, 2.24) is 9.97 Å². The minimum absolute atomic E-state index is 0.271.